The minimum absolute atomic E-state index is 0.0479. The normalized spacial score (nSPS) is 16.4. The molecule has 1 aromatic heterocycles. The molecule has 0 aromatic carbocycles. The summed E-state index contributed by atoms with van der Waals surface area (Å²) < 4.78 is 10.8. The first-order valence-corrected chi connectivity index (χ1v) is 5.55. The number of aromatic carboxylic acids is 1. The zero-order valence-electron chi connectivity index (χ0n) is 9.84. The van der Waals surface area contributed by atoms with Gasteiger partial charge in [-0.15, -0.1) is 0 Å². The van der Waals surface area contributed by atoms with E-state index in [0.717, 1.165) is 0 Å². The van der Waals surface area contributed by atoms with Gasteiger partial charge in [0.05, 0.1) is 19.4 Å². The molecule has 1 atom stereocenters. The molecular formula is C12H15NO4. The molecule has 17 heavy (non-hydrogen) atoms. The molecule has 0 saturated heterocycles. The number of pyridine rings is 1. The Hall–Kier alpha value is -1.78. The molecule has 0 bridgehead atoms. The fourth-order valence-electron chi connectivity index (χ4n) is 1.65. The monoisotopic (exact) mass is 237 g/mol. The molecule has 2 rings (SSSR count). The highest BCUT2D eigenvalue weighted by Gasteiger charge is 2.30. The van der Waals surface area contributed by atoms with Crippen molar-refractivity contribution in [3.8, 4) is 11.5 Å². The lowest BCUT2D eigenvalue weighted by Crippen LogP contribution is -2.15. The van der Waals surface area contributed by atoms with Crippen LogP contribution in [0.15, 0.2) is 12.3 Å². The van der Waals surface area contributed by atoms with Crippen molar-refractivity contribution in [1.82, 2.24) is 4.98 Å². The second-order valence-corrected chi connectivity index (χ2v) is 4.19. The van der Waals surface area contributed by atoms with Gasteiger partial charge in [0.2, 0.25) is 0 Å². The first kappa shape index (κ1) is 11.7. The summed E-state index contributed by atoms with van der Waals surface area (Å²) in [4.78, 5) is 14.6. The molecule has 1 heterocycles. The Labute approximate surface area is 99.4 Å². The van der Waals surface area contributed by atoms with E-state index in [2.05, 4.69) is 4.98 Å². The van der Waals surface area contributed by atoms with Gasteiger partial charge in [0.15, 0.2) is 17.2 Å². The second-order valence-electron chi connectivity index (χ2n) is 4.19. The minimum Gasteiger partial charge on any atom is -0.493 e. The van der Waals surface area contributed by atoms with Crippen LogP contribution in [0, 0.1) is 5.92 Å². The first-order chi connectivity index (χ1) is 8.11. The number of methoxy groups -OCH3 is 1. The fraction of sp³-hybridized carbons (Fsp3) is 0.500. The number of hydrogen-bond donors (Lipinski definition) is 1. The van der Waals surface area contributed by atoms with E-state index in [0.29, 0.717) is 17.4 Å². The van der Waals surface area contributed by atoms with Crippen molar-refractivity contribution in [2.75, 3.05) is 7.11 Å². The number of aromatic nitrogens is 1. The third kappa shape index (κ3) is 2.67. The van der Waals surface area contributed by atoms with Gasteiger partial charge in [-0.1, -0.05) is 0 Å². The maximum absolute atomic E-state index is 10.8. The summed E-state index contributed by atoms with van der Waals surface area (Å²) in [5, 5.41) is 8.82. The molecule has 5 heteroatoms. The van der Waals surface area contributed by atoms with Crippen molar-refractivity contribution in [2.24, 2.45) is 5.92 Å². The van der Waals surface area contributed by atoms with Gasteiger partial charge < -0.3 is 14.6 Å². The Bertz CT molecular complexity index is 429. The van der Waals surface area contributed by atoms with Crippen molar-refractivity contribution in [1.29, 1.82) is 0 Å². The molecular weight excluding hydrogens is 222 g/mol. The van der Waals surface area contributed by atoms with E-state index in [1.54, 1.807) is 0 Å². The molecule has 1 aromatic rings. The Kier molecular flexibility index (Phi) is 3.17. The summed E-state index contributed by atoms with van der Waals surface area (Å²) in [5.41, 5.74) is -0.0479. The fourth-order valence-corrected chi connectivity index (χ4v) is 1.65. The van der Waals surface area contributed by atoms with E-state index in [4.69, 9.17) is 14.6 Å². The van der Waals surface area contributed by atoms with Crippen LogP contribution in [-0.2, 0) is 0 Å². The summed E-state index contributed by atoms with van der Waals surface area (Å²) in [5.74, 6) is 0.422. The molecule has 0 amide bonds. The standard InChI is InChI=1S/C12H15NO4/c1-7(8-3-4-8)17-11-6-13-9(12(14)15)5-10(11)16-2/h5-8H,3-4H2,1-2H3,(H,14,15)/t7-/m1/s1. The molecule has 0 radical (unpaired) electrons. The van der Waals surface area contributed by atoms with Crippen molar-refractivity contribution in [2.45, 2.75) is 25.9 Å². The van der Waals surface area contributed by atoms with E-state index in [-0.39, 0.29) is 11.8 Å². The molecule has 1 N–H and O–H groups in total. The highest BCUT2D eigenvalue weighted by atomic mass is 16.5. The lowest BCUT2D eigenvalue weighted by atomic mass is 10.2. The van der Waals surface area contributed by atoms with Crippen LogP contribution >= 0.6 is 0 Å². The lowest BCUT2D eigenvalue weighted by molar-refractivity contribution is 0.0689. The van der Waals surface area contributed by atoms with Crippen LogP contribution in [0.5, 0.6) is 11.5 Å². The van der Waals surface area contributed by atoms with Crippen LogP contribution in [0.2, 0.25) is 0 Å². The molecule has 92 valence electrons. The molecule has 0 aliphatic heterocycles. The predicted molar refractivity (Wildman–Crippen MR) is 60.6 cm³/mol. The molecule has 0 unspecified atom stereocenters. The smallest absolute Gasteiger partial charge is 0.354 e. The van der Waals surface area contributed by atoms with Gasteiger partial charge in [-0.25, -0.2) is 9.78 Å². The number of carboxylic acid groups (broad SMARTS) is 1. The first-order valence-electron chi connectivity index (χ1n) is 5.55. The zero-order valence-corrected chi connectivity index (χ0v) is 9.84. The average Bonchev–Trinajstić information content (AvgIpc) is 3.13. The van der Waals surface area contributed by atoms with Crippen molar-refractivity contribution in [3.05, 3.63) is 18.0 Å². The number of ether oxygens (including phenoxy) is 2. The molecule has 5 nitrogen and oxygen atoms in total. The zero-order chi connectivity index (χ0) is 12.4. The summed E-state index contributed by atoms with van der Waals surface area (Å²) >= 11 is 0. The topological polar surface area (TPSA) is 68.7 Å². The van der Waals surface area contributed by atoms with Crippen LogP contribution in [-0.4, -0.2) is 29.3 Å². The Balaban J connectivity index is 2.17. The summed E-state index contributed by atoms with van der Waals surface area (Å²) in [6.45, 7) is 2.00. The van der Waals surface area contributed by atoms with E-state index in [1.165, 1.54) is 32.2 Å². The van der Waals surface area contributed by atoms with E-state index < -0.39 is 5.97 Å². The van der Waals surface area contributed by atoms with Crippen LogP contribution in [0.3, 0.4) is 0 Å². The quantitative estimate of drug-likeness (QED) is 0.847. The number of rotatable bonds is 5. The van der Waals surface area contributed by atoms with Gasteiger partial charge in [-0.2, -0.15) is 0 Å². The van der Waals surface area contributed by atoms with E-state index in [1.807, 2.05) is 6.92 Å². The van der Waals surface area contributed by atoms with Crippen LogP contribution < -0.4 is 9.47 Å². The molecule has 1 saturated carbocycles. The van der Waals surface area contributed by atoms with Crippen LogP contribution in [0.25, 0.3) is 0 Å². The van der Waals surface area contributed by atoms with Crippen molar-refractivity contribution < 1.29 is 19.4 Å². The van der Waals surface area contributed by atoms with Gasteiger partial charge in [0.25, 0.3) is 0 Å². The lowest BCUT2D eigenvalue weighted by Gasteiger charge is -2.16. The number of hydrogen-bond acceptors (Lipinski definition) is 4. The molecule has 1 fully saturated rings. The largest absolute Gasteiger partial charge is 0.493 e. The minimum atomic E-state index is -1.08. The van der Waals surface area contributed by atoms with Gasteiger partial charge in [0, 0.05) is 6.07 Å². The van der Waals surface area contributed by atoms with Crippen molar-refractivity contribution >= 4 is 5.97 Å². The van der Waals surface area contributed by atoms with Crippen LogP contribution in [0.1, 0.15) is 30.3 Å². The predicted octanol–water partition coefficient (Wildman–Crippen LogP) is 1.97. The maximum atomic E-state index is 10.8. The Morgan fingerprint density at radius 2 is 2.24 bits per heavy atom. The summed E-state index contributed by atoms with van der Waals surface area (Å²) in [7, 11) is 1.48. The number of carboxylic acids is 1. The van der Waals surface area contributed by atoms with Crippen LogP contribution in [0.4, 0.5) is 0 Å². The highest BCUT2D eigenvalue weighted by Crippen LogP contribution is 2.36. The number of carbonyl (C=O) groups is 1. The summed E-state index contributed by atoms with van der Waals surface area (Å²) in [6.07, 6.45) is 3.89. The third-order valence-electron chi connectivity index (χ3n) is 2.87. The third-order valence-corrected chi connectivity index (χ3v) is 2.87. The van der Waals surface area contributed by atoms with Crippen molar-refractivity contribution in [3.63, 3.8) is 0 Å². The second kappa shape index (κ2) is 4.61. The number of nitrogens with zero attached hydrogens (tertiary/aromatic N) is 1. The molecule has 1 aliphatic carbocycles. The highest BCUT2D eigenvalue weighted by molar-refractivity contribution is 5.86. The van der Waals surface area contributed by atoms with Gasteiger partial charge in [-0.05, 0) is 25.7 Å². The van der Waals surface area contributed by atoms with Gasteiger partial charge >= 0.3 is 5.97 Å². The average molecular weight is 237 g/mol. The van der Waals surface area contributed by atoms with E-state index >= 15 is 0 Å². The Morgan fingerprint density at radius 3 is 2.76 bits per heavy atom. The summed E-state index contributed by atoms with van der Waals surface area (Å²) in [6, 6.07) is 1.37. The molecule has 1 aliphatic rings. The Morgan fingerprint density at radius 1 is 1.53 bits per heavy atom. The van der Waals surface area contributed by atoms with Gasteiger partial charge in [-0.3, -0.25) is 0 Å². The molecule has 0 spiro atoms. The van der Waals surface area contributed by atoms with E-state index in [9.17, 15) is 4.79 Å². The van der Waals surface area contributed by atoms with Gasteiger partial charge in [0.1, 0.15) is 0 Å². The maximum Gasteiger partial charge on any atom is 0.354 e. The SMILES string of the molecule is COc1cc(C(=O)O)ncc1O[C@H](C)C1CC1.